The van der Waals surface area contributed by atoms with E-state index in [0.29, 0.717) is 57.4 Å². The zero-order valence-electron chi connectivity index (χ0n) is 34.0. The molecule has 3 aliphatic heterocycles. The Balaban J connectivity index is 1.08. The minimum absolute atomic E-state index is 0.0439. The first-order chi connectivity index (χ1) is 28.9. The van der Waals surface area contributed by atoms with Gasteiger partial charge in [0.25, 0.3) is 5.56 Å². The number of aryl methyl sites for hydroxylation is 1. The molecule has 0 saturated carbocycles. The lowest BCUT2D eigenvalue weighted by atomic mass is 9.81. The van der Waals surface area contributed by atoms with Gasteiger partial charge in [0.15, 0.2) is 11.9 Å². The molecule has 1 aliphatic carbocycles. The molecule has 0 radical (unpaired) electrons. The molecule has 0 spiro atoms. The van der Waals surface area contributed by atoms with Crippen LogP contribution in [-0.4, -0.2) is 116 Å². The summed E-state index contributed by atoms with van der Waals surface area (Å²) in [6, 6.07) is 2.21. The Labute approximate surface area is 347 Å². The largest absolute Gasteiger partial charge is 0.458 e. The molecule has 4 aliphatic rings. The van der Waals surface area contributed by atoms with Gasteiger partial charge in [0.2, 0.25) is 17.7 Å². The number of pyridine rings is 2. The maximum Gasteiger partial charge on any atom is 0.343 e. The van der Waals surface area contributed by atoms with Gasteiger partial charge in [0, 0.05) is 22.6 Å². The maximum atomic E-state index is 15.3. The number of fused-ring (bicyclic) bond motifs is 5. The quantitative estimate of drug-likeness (QED) is 0.0425. The second kappa shape index (κ2) is 17.1. The number of nitrogens with two attached hydrogens (primary N) is 1. The molecule has 1 fully saturated rings. The van der Waals surface area contributed by atoms with Gasteiger partial charge in [0.1, 0.15) is 50.2 Å². The van der Waals surface area contributed by atoms with Crippen molar-refractivity contribution in [3.05, 3.63) is 61.7 Å². The lowest BCUT2D eigenvalue weighted by Crippen LogP contribution is -2.59. The van der Waals surface area contributed by atoms with Crippen molar-refractivity contribution in [3.8, 4) is 11.4 Å². The van der Waals surface area contributed by atoms with Gasteiger partial charge in [-0.05, 0) is 54.9 Å². The summed E-state index contributed by atoms with van der Waals surface area (Å²) in [7, 11) is 0. The van der Waals surface area contributed by atoms with Crippen molar-refractivity contribution in [3.63, 3.8) is 0 Å². The second-order valence-corrected chi connectivity index (χ2v) is 16.3. The van der Waals surface area contributed by atoms with Gasteiger partial charge in [-0.25, -0.2) is 14.2 Å². The molecule has 19 nitrogen and oxygen atoms in total. The number of benzene rings is 1. The molecule has 9 atom stereocenters. The molecule has 1 saturated heterocycles. The van der Waals surface area contributed by atoms with Crippen LogP contribution in [0.4, 0.5) is 4.39 Å². The highest BCUT2D eigenvalue weighted by Gasteiger charge is 2.47. The van der Waals surface area contributed by atoms with Crippen molar-refractivity contribution >= 4 is 34.6 Å². The fraction of sp³-hybridized carbons (Fsp3) is 0.561. The van der Waals surface area contributed by atoms with Crippen LogP contribution in [-0.2, 0) is 63.3 Å². The predicted molar refractivity (Wildman–Crippen MR) is 208 cm³/mol. The van der Waals surface area contributed by atoms with E-state index in [-0.39, 0.29) is 30.7 Å². The number of carbonyl (C=O) groups excluding carboxylic acids is 4. The van der Waals surface area contributed by atoms with Crippen LogP contribution in [0, 0.1) is 30.5 Å². The summed E-state index contributed by atoms with van der Waals surface area (Å²) in [4.78, 5) is 70.9. The predicted octanol–water partition coefficient (Wildman–Crippen LogP) is -1.09. The molecule has 20 heteroatoms. The highest BCUT2D eigenvalue weighted by molar-refractivity contribution is 5.94. The molecular formula is C41H50FN5O14. The highest BCUT2D eigenvalue weighted by atomic mass is 19.1. The first-order valence-electron chi connectivity index (χ1n) is 20.1. The first-order valence-corrected chi connectivity index (χ1v) is 20.1. The van der Waals surface area contributed by atoms with Crippen LogP contribution in [0.3, 0.4) is 0 Å². The molecule has 5 heterocycles. The van der Waals surface area contributed by atoms with E-state index in [1.54, 1.807) is 33.8 Å². The number of carbonyl (C=O) groups is 4. The summed E-state index contributed by atoms with van der Waals surface area (Å²) in [6.45, 7) is 4.03. The third-order valence-electron chi connectivity index (χ3n) is 12.4. The summed E-state index contributed by atoms with van der Waals surface area (Å²) in [5, 5.41) is 57.6. The number of rotatable bonds is 14. The Morgan fingerprint density at radius 1 is 1.11 bits per heavy atom. The zero-order chi connectivity index (χ0) is 44.2. The van der Waals surface area contributed by atoms with E-state index < -0.39 is 122 Å². The number of cyclic esters (lactones) is 1. The van der Waals surface area contributed by atoms with E-state index in [1.165, 1.54) is 10.6 Å². The Bertz CT molecular complexity index is 2340. The summed E-state index contributed by atoms with van der Waals surface area (Å²) >= 11 is 0. The minimum atomic E-state index is -2.05. The number of aromatic nitrogens is 2. The van der Waals surface area contributed by atoms with Gasteiger partial charge < -0.3 is 65.4 Å². The van der Waals surface area contributed by atoms with Gasteiger partial charge in [-0.3, -0.25) is 19.2 Å². The molecule has 61 heavy (non-hydrogen) atoms. The number of hydrogen-bond acceptors (Lipinski definition) is 15. The lowest BCUT2D eigenvalue weighted by Gasteiger charge is -2.40. The average molecular weight is 856 g/mol. The molecular weight excluding hydrogens is 805 g/mol. The minimum Gasteiger partial charge on any atom is -0.458 e. The number of aliphatic hydroxyl groups excluding tert-OH is 4. The fourth-order valence-electron chi connectivity index (χ4n) is 9.07. The van der Waals surface area contributed by atoms with Crippen LogP contribution < -0.4 is 21.9 Å². The number of ether oxygens (including phenoxy) is 4. The van der Waals surface area contributed by atoms with Crippen LogP contribution in [0.2, 0.25) is 0 Å². The number of primary amides is 1. The van der Waals surface area contributed by atoms with Crippen molar-refractivity contribution in [2.45, 2.75) is 102 Å². The number of aliphatic hydroxyl groups is 5. The van der Waals surface area contributed by atoms with Crippen LogP contribution in [0.15, 0.2) is 16.9 Å². The highest BCUT2D eigenvalue weighted by Crippen LogP contribution is 2.46. The van der Waals surface area contributed by atoms with E-state index in [0.717, 1.165) is 0 Å². The molecule has 330 valence electrons. The van der Waals surface area contributed by atoms with Gasteiger partial charge in [-0.15, -0.1) is 0 Å². The molecule has 9 N–H and O–H groups in total. The molecule has 3 aromatic rings. The van der Waals surface area contributed by atoms with Crippen molar-refractivity contribution in [1.82, 2.24) is 20.2 Å². The molecule has 1 aromatic carbocycles. The van der Waals surface area contributed by atoms with Crippen molar-refractivity contribution < 1.29 is 68.0 Å². The van der Waals surface area contributed by atoms with Crippen molar-refractivity contribution in [2.75, 3.05) is 26.6 Å². The lowest BCUT2D eigenvalue weighted by molar-refractivity contribution is -0.303. The van der Waals surface area contributed by atoms with Crippen LogP contribution >= 0.6 is 0 Å². The smallest absolute Gasteiger partial charge is 0.343 e. The van der Waals surface area contributed by atoms with Crippen molar-refractivity contribution in [2.24, 2.45) is 23.5 Å². The standard InChI is InChI=1S/C41H50FN5O14/c1-5-41(57)22-8-26-32-19(10-47(26)38(55)20(22)12-60-40(41)56)31-24(7-6-18-17(4)23(42)9-25(46-32)30(18)31)45-28(49)14-58-15-44-37(54)21(29(16(2)3)36(43)53)13-59-39-35(52)34(51)33(50)27(11-48)61-39/h8-9,16,21,24,27,29,33-35,39,48,50-52,57H,5-7,10-15H2,1-4H3,(H2,43,53)(H,44,54)(H,45,49)/t21-,24+,27-,29?,33+,34+,35-,39-,41+/m1/s1. The van der Waals surface area contributed by atoms with E-state index in [1.807, 2.05) is 0 Å². The van der Waals surface area contributed by atoms with Crippen LogP contribution in [0.5, 0.6) is 0 Å². The Kier molecular flexibility index (Phi) is 12.4. The Hall–Kier alpha value is -4.93. The molecule has 0 bridgehead atoms. The number of nitrogens with zero attached hydrogens (tertiary/aromatic N) is 2. The van der Waals surface area contributed by atoms with Gasteiger partial charge in [-0.1, -0.05) is 20.8 Å². The number of amides is 3. The van der Waals surface area contributed by atoms with E-state index in [9.17, 15) is 49.5 Å². The molecule has 7 rings (SSSR count). The summed E-state index contributed by atoms with van der Waals surface area (Å²) in [6.07, 6.45) is -7.29. The monoisotopic (exact) mass is 855 g/mol. The van der Waals surface area contributed by atoms with Gasteiger partial charge in [-0.2, -0.15) is 0 Å². The summed E-state index contributed by atoms with van der Waals surface area (Å²) < 4.78 is 38.5. The summed E-state index contributed by atoms with van der Waals surface area (Å²) in [5.74, 6) is -6.31. The van der Waals surface area contributed by atoms with Crippen LogP contribution in [0.25, 0.3) is 22.3 Å². The maximum absolute atomic E-state index is 15.3. The molecule has 2 aromatic heterocycles. The van der Waals surface area contributed by atoms with E-state index >= 15 is 4.39 Å². The number of hydrogen-bond donors (Lipinski definition) is 8. The number of halogens is 1. The number of nitrogens with one attached hydrogen (secondary N) is 2. The SMILES string of the molecule is CC[C@@]1(O)C(=O)OCc2c1cc1n(c2=O)Cc2c-1nc1cc(F)c(C)c3c1c2[C@@H](NC(=O)COCNC(=O)[C@H](CO[C@@H]1O[C@H](CO)[C@H](O)[C@H](O)[C@H]1O)C(C(N)=O)C(C)C)CC3. The van der Waals surface area contributed by atoms with E-state index in [4.69, 9.17) is 29.7 Å². The number of esters is 1. The topological polar surface area (TPSA) is 291 Å². The zero-order valence-corrected chi connectivity index (χ0v) is 34.0. The van der Waals surface area contributed by atoms with Crippen LogP contribution in [0.1, 0.15) is 73.0 Å². The summed E-state index contributed by atoms with van der Waals surface area (Å²) in [5.41, 5.74) is 6.74. The fourth-order valence-corrected chi connectivity index (χ4v) is 9.07. The van der Waals surface area contributed by atoms with Gasteiger partial charge >= 0.3 is 5.97 Å². The van der Waals surface area contributed by atoms with Gasteiger partial charge in [0.05, 0.1) is 60.1 Å². The van der Waals surface area contributed by atoms with E-state index in [2.05, 4.69) is 10.6 Å². The molecule has 3 amide bonds. The normalized spacial score (nSPS) is 26.2. The second-order valence-electron chi connectivity index (χ2n) is 16.3. The third-order valence-corrected chi connectivity index (χ3v) is 12.4. The Morgan fingerprint density at radius 2 is 1.85 bits per heavy atom. The first kappa shape index (κ1) is 44.1. The Morgan fingerprint density at radius 3 is 2.52 bits per heavy atom. The third kappa shape index (κ3) is 7.68. The molecule has 1 unspecified atom stereocenters. The van der Waals surface area contributed by atoms with Crippen molar-refractivity contribution in [1.29, 1.82) is 0 Å². The average Bonchev–Trinajstić information content (AvgIpc) is 3.59.